The van der Waals surface area contributed by atoms with E-state index < -0.39 is 39.7 Å². The van der Waals surface area contributed by atoms with Gasteiger partial charge in [0.25, 0.3) is 0 Å². The molecule has 3 aromatic rings. The molecule has 2 heterocycles. The molecule has 3 saturated carbocycles. The minimum absolute atomic E-state index is 0.00131. The second-order valence-corrected chi connectivity index (χ2v) is 18.7. The van der Waals surface area contributed by atoms with Gasteiger partial charge < -0.3 is 29.6 Å². The van der Waals surface area contributed by atoms with Crippen molar-refractivity contribution in [3.8, 4) is 11.3 Å². The van der Waals surface area contributed by atoms with Gasteiger partial charge in [0.05, 0.1) is 34.9 Å². The van der Waals surface area contributed by atoms with Gasteiger partial charge in [-0.15, -0.1) is 0 Å². The molecule has 1 aromatic heterocycles. The number of para-hydroxylation sites is 1. The molecule has 3 N–H and O–H groups in total. The third-order valence-corrected chi connectivity index (χ3v) is 15.9. The monoisotopic (exact) mass is 818 g/mol. The summed E-state index contributed by atoms with van der Waals surface area (Å²) in [6.45, 7) is 5.46. The highest BCUT2D eigenvalue weighted by Gasteiger charge is 2.74. The molecule has 2 spiro atoms. The molecule has 2 aromatic carbocycles. The number of aliphatic hydroxyl groups is 2. The van der Waals surface area contributed by atoms with Gasteiger partial charge in [-0.3, -0.25) is 4.79 Å². The molecule has 1 aliphatic heterocycles. The van der Waals surface area contributed by atoms with Crippen LogP contribution >= 0.6 is 11.6 Å². The Labute approximate surface area is 341 Å². The Kier molecular flexibility index (Phi) is 9.43. The number of rotatable bonds is 8. The molecular formula is C46H50ClF3N2O6. The van der Waals surface area contributed by atoms with Crippen LogP contribution < -0.4 is 5.32 Å². The van der Waals surface area contributed by atoms with Crippen molar-refractivity contribution in [3.63, 3.8) is 0 Å². The Bertz CT molecular complexity index is 2180. The molecule has 8 nitrogen and oxygen atoms in total. The summed E-state index contributed by atoms with van der Waals surface area (Å²) in [5, 5.41) is 27.3. The predicted octanol–water partition coefficient (Wildman–Crippen LogP) is 10.1. The van der Waals surface area contributed by atoms with Crippen LogP contribution in [0.1, 0.15) is 87.8 Å². The maximum atomic E-state index is 15.1. The number of nitrogens with zero attached hydrogens (tertiary/aromatic N) is 1. The average Bonchev–Trinajstić information content (AvgIpc) is 3.95. The molecule has 0 radical (unpaired) electrons. The Balaban J connectivity index is 1.10. The number of benzene rings is 2. The van der Waals surface area contributed by atoms with Crippen molar-refractivity contribution in [2.45, 2.75) is 95.6 Å². The molecule has 308 valence electrons. The van der Waals surface area contributed by atoms with Crippen LogP contribution in [0.5, 0.6) is 0 Å². The van der Waals surface area contributed by atoms with Gasteiger partial charge >= 0.3 is 12.2 Å². The number of nitrogens with one attached hydrogen (secondary N) is 1. The number of hydrogen-bond donors (Lipinski definition) is 3. The van der Waals surface area contributed by atoms with Crippen molar-refractivity contribution in [2.75, 3.05) is 25.0 Å². The van der Waals surface area contributed by atoms with Crippen molar-refractivity contribution >= 4 is 29.1 Å². The van der Waals surface area contributed by atoms with Crippen LogP contribution in [0, 0.1) is 33.5 Å². The number of hydrogen-bond acceptors (Lipinski definition) is 6. The summed E-state index contributed by atoms with van der Waals surface area (Å²) in [4.78, 5) is 30.9. The first-order chi connectivity index (χ1) is 27.5. The number of allylic oxidation sites excluding steroid dienone is 4. The molecule has 2 amide bonds. The van der Waals surface area contributed by atoms with Gasteiger partial charge in [-0.2, -0.15) is 13.2 Å². The normalized spacial score (nSPS) is 36.2. The van der Waals surface area contributed by atoms with Crippen molar-refractivity contribution < 1.29 is 42.1 Å². The van der Waals surface area contributed by atoms with Crippen LogP contribution in [-0.2, 0) is 10.9 Å². The van der Waals surface area contributed by atoms with E-state index in [0.29, 0.717) is 62.9 Å². The molecule has 9 atom stereocenters. The molecule has 1 saturated heterocycles. The minimum atomic E-state index is -4.60. The lowest BCUT2D eigenvalue weighted by atomic mass is 9.32. The summed E-state index contributed by atoms with van der Waals surface area (Å²) in [6, 6.07) is 14.9. The lowest BCUT2D eigenvalue weighted by Gasteiger charge is -2.71. The second kappa shape index (κ2) is 13.8. The highest BCUT2D eigenvalue weighted by Crippen LogP contribution is 2.78. The molecular weight excluding hydrogens is 769 g/mol. The molecule has 10 rings (SSSR count). The number of amides is 2. The second-order valence-electron chi connectivity index (χ2n) is 18.3. The van der Waals surface area contributed by atoms with Crippen LogP contribution in [0.2, 0.25) is 5.02 Å². The van der Waals surface area contributed by atoms with Crippen LogP contribution in [0.3, 0.4) is 0 Å². The Morgan fingerprint density at radius 2 is 1.69 bits per heavy atom. The fraction of sp³-hybridized carbons (Fsp3) is 0.522. The van der Waals surface area contributed by atoms with Gasteiger partial charge in [0.15, 0.2) is 5.76 Å². The highest BCUT2D eigenvalue weighted by molar-refractivity contribution is 6.33. The highest BCUT2D eigenvalue weighted by atomic mass is 35.5. The lowest BCUT2D eigenvalue weighted by Crippen LogP contribution is -2.67. The summed E-state index contributed by atoms with van der Waals surface area (Å²) in [7, 11) is 0. The summed E-state index contributed by atoms with van der Waals surface area (Å²) in [5.41, 5.74) is -3.39. The van der Waals surface area contributed by atoms with E-state index in [2.05, 4.69) is 37.4 Å². The van der Waals surface area contributed by atoms with Crippen LogP contribution in [0.4, 0.5) is 23.7 Å². The number of aliphatic hydroxyl groups excluding tert-OH is 1. The van der Waals surface area contributed by atoms with E-state index >= 15 is 4.79 Å². The van der Waals surface area contributed by atoms with Crippen LogP contribution in [0.25, 0.3) is 11.3 Å². The van der Waals surface area contributed by atoms with Gasteiger partial charge in [0.2, 0.25) is 5.78 Å². The van der Waals surface area contributed by atoms with Crippen molar-refractivity contribution in [1.29, 1.82) is 0 Å². The summed E-state index contributed by atoms with van der Waals surface area (Å²) in [6.07, 6.45) is 7.19. The van der Waals surface area contributed by atoms with E-state index in [1.54, 1.807) is 4.90 Å². The number of carbonyl (C=O) groups excluding carboxylic acids is 2. The first kappa shape index (κ1) is 39.6. The third kappa shape index (κ3) is 5.96. The fourth-order valence-electron chi connectivity index (χ4n) is 12.5. The maximum absolute atomic E-state index is 15.1. The number of urea groups is 1. The molecule has 12 heteroatoms. The summed E-state index contributed by atoms with van der Waals surface area (Å²) >= 11 is 6.39. The zero-order valence-electron chi connectivity index (χ0n) is 32.8. The summed E-state index contributed by atoms with van der Waals surface area (Å²) < 4.78 is 53.2. The van der Waals surface area contributed by atoms with Gasteiger partial charge in [-0.1, -0.05) is 61.9 Å². The first-order valence-electron chi connectivity index (χ1n) is 20.6. The summed E-state index contributed by atoms with van der Waals surface area (Å²) in [5.74, 6) is -0.540. The maximum Gasteiger partial charge on any atom is 0.416 e. The minimum Gasteiger partial charge on any atom is -0.453 e. The topological polar surface area (TPSA) is 112 Å². The predicted molar refractivity (Wildman–Crippen MR) is 213 cm³/mol. The smallest absolute Gasteiger partial charge is 0.416 e. The zero-order chi connectivity index (χ0) is 40.9. The van der Waals surface area contributed by atoms with Gasteiger partial charge in [-0.25, -0.2) is 4.79 Å². The van der Waals surface area contributed by atoms with E-state index in [4.69, 9.17) is 20.8 Å². The van der Waals surface area contributed by atoms with Gasteiger partial charge in [-0.05, 0) is 118 Å². The number of fused-ring (bicyclic) bond motifs is 1. The van der Waals surface area contributed by atoms with Crippen molar-refractivity contribution in [1.82, 2.24) is 4.90 Å². The number of furan rings is 1. The standard InChI is InChI=1S/C46H50ClF3N2O6/c1-41-17-14-30(53)24-43(41)20-21-45(33(25-43)39(54)36-13-12-35(58-36)32-23-28(46(48,49)50)10-11-34(32)47)37(41)15-18-42(2)38(45)16-19-44(42,56)27-52(26-31-9-6-22-57-31)40(55)51-29-7-4-3-5-8-29/h3-5,7-8,10-13,20-21,23,25,30-31,37-38,53,56H,6,9,14-19,22,24,26-27H2,1-2H3,(H,51,55). The van der Waals surface area contributed by atoms with Crippen LogP contribution in [-0.4, -0.2) is 64.4 Å². The first-order valence-corrected chi connectivity index (χ1v) is 21.0. The van der Waals surface area contributed by atoms with Crippen molar-refractivity contribution in [3.05, 3.63) is 101 Å². The van der Waals surface area contributed by atoms with E-state index in [1.807, 2.05) is 30.3 Å². The van der Waals surface area contributed by atoms with E-state index in [-0.39, 0.29) is 63.8 Å². The van der Waals surface area contributed by atoms with E-state index in [0.717, 1.165) is 31.4 Å². The quantitative estimate of drug-likeness (QED) is 0.154. The molecule has 58 heavy (non-hydrogen) atoms. The fourth-order valence-corrected chi connectivity index (χ4v) is 12.7. The largest absolute Gasteiger partial charge is 0.453 e. The van der Waals surface area contributed by atoms with Crippen LogP contribution in [0.15, 0.2) is 88.9 Å². The van der Waals surface area contributed by atoms with Gasteiger partial charge in [0.1, 0.15) is 5.76 Å². The number of ether oxygens (including phenoxy) is 1. The van der Waals surface area contributed by atoms with Crippen molar-refractivity contribution in [2.24, 2.45) is 33.5 Å². The Morgan fingerprint density at radius 1 is 0.948 bits per heavy atom. The molecule has 2 bridgehead atoms. The van der Waals surface area contributed by atoms with Gasteiger partial charge in [0, 0.05) is 46.2 Å². The molecule has 7 aliphatic rings. The molecule has 4 fully saturated rings. The van der Waals surface area contributed by atoms with E-state index in [1.165, 1.54) is 18.2 Å². The number of alkyl halides is 3. The Morgan fingerprint density at radius 3 is 2.43 bits per heavy atom. The number of ketones is 1. The zero-order valence-corrected chi connectivity index (χ0v) is 33.5. The number of Topliss-reactive ketones (excluding diaryl/α,β-unsaturated/α-hetero) is 1. The number of anilines is 1. The number of halogens is 4. The lowest BCUT2D eigenvalue weighted by molar-refractivity contribution is -0.175. The number of carbonyl (C=O) groups is 2. The SMILES string of the molecule is CC12CCC(O)CC13C=CC1(C(C(=O)c4ccc(-c5cc(C(F)(F)F)ccc5Cl)o4)=C3)C2CCC2(C)C1CCC2(O)CN(CC1CCCO1)C(=O)Nc1ccccc1. The molecule has 9 unspecified atom stereocenters. The Hall–Kier alpha value is -3.90. The third-order valence-electron chi connectivity index (χ3n) is 15.6. The average molecular weight is 819 g/mol. The molecule has 6 aliphatic carbocycles. The van der Waals surface area contributed by atoms with E-state index in [9.17, 15) is 28.2 Å².